The number of rotatable bonds is 2. The number of anilines is 1. The Labute approximate surface area is 120 Å². The number of likely N-dealkylation sites (N-methyl/N-ethyl adjacent to an activating group) is 1. The van der Waals surface area contributed by atoms with Gasteiger partial charge in [0.1, 0.15) is 5.82 Å². The minimum atomic E-state index is 0.538. The van der Waals surface area contributed by atoms with E-state index in [0.29, 0.717) is 6.54 Å². The molecule has 1 aromatic heterocycles. The van der Waals surface area contributed by atoms with Crippen LogP contribution in [-0.4, -0.2) is 43.1 Å². The Morgan fingerprint density at radius 1 is 1.20 bits per heavy atom. The first-order valence-corrected chi connectivity index (χ1v) is 7.22. The molecule has 0 saturated carbocycles. The van der Waals surface area contributed by atoms with Crippen molar-refractivity contribution < 1.29 is 0 Å². The molecule has 3 rings (SSSR count). The van der Waals surface area contributed by atoms with Crippen LogP contribution in [0.3, 0.4) is 0 Å². The van der Waals surface area contributed by atoms with Crippen LogP contribution in [0.4, 0.5) is 5.82 Å². The van der Waals surface area contributed by atoms with Gasteiger partial charge in [0.05, 0.1) is 5.52 Å². The van der Waals surface area contributed by atoms with Crippen LogP contribution in [-0.2, 0) is 6.54 Å². The van der Waals surface area contributed by atoms with Gasteiger partial charge in [-0.25, -0.2) is 4.98 Å². The topological polar surface area (TPSA) is 45.4 Å². The number of hydrogen-bond acceptors (Lipinski definition) is 4. The van der Waals surface area contributed by atoms with E-state index in [1.165, 1.54) is 10.9 Å². The number of fused-ring (bicyclic) bond motifs is 1. The predicted molar refractivity (Wildman–Crippen MR) is 84.1 cm³/mol. The summed E-state index contributed by atoms with van der Waals surface area (Å²) in [7, 11) is 2.17. The zero-order chi connectivity index (χ0) is 14.1. The highest BCUT2D eigenvalue weighted by atomic mass is 15.3. The third-order valence-electron chi connectivity index (χ3n) is 4.16. The molecule has 0 amide bonds. The predicted octanol–water partition coefficient (Wildman–Crippen LogP) is 1.75. The van der Waals surface area contributed by atoms with Gasteiger partial charge in [-0.1, -0.05) is 18.2 Å². The second-order valence-corrected chi connectivity index (χ2v) is 5.61. The summed E-state index contributed by atoms with van der Waals surface area (Å²) in [5, 5.41) is 1.21. The minimum absolute atomic E-state index is 0.538. The van der Waals surface area contributed by atoms with Gasteiger partial charge in [0, 0.05) is 38.1 Å². The fraction of sp³-hybridized carbons (Fsp3) is 0.438. The standard InChI is InChI=1S/C16H22N4/c1-12-10-15(20-8-6-19(2)7-9-20)18-16-13(11-17)4-3-5-14(12)16/h3-5,10H,6-9,11,17H2,1-2H3. The molecule has 1 saturated heterocycles. The van der Waals surface area contributed by atoms with E-state index in [9.17, 15) is 0 Å². The SMILES string of the molecule is Cc1cc(N2CCN(C)CC2)nc2c(CN)cccc12. The zero-order valence-electron chi connectivity index (χ0n) is 12.3. The summed E-state index contributed by atoms with van der Waals surface area (Å²) >= 11 is 0. The molecule has 2 heterocycles. The number of para-hydroxylation sites is 1. The van der Waals surface area contributed by atoms with Crippen molar-refractivity contribution in [1.82, 2.24) is 9.88 Å². The first-order chi connectivity index (χ1) is 9.69. The number of pyridine rings is 1. The molecule has 2 aromatic rings. The Hall–Kier alpha value is -1.65. The molecule has 1 aliphatic rings. The van der Waals surface area contributed by atoms with Crippen molar-refractivity contribution >= 4 is 16.7 Å². The van der Waals surface area contributed by atoms with Gasteiger partial charge in [-0.2, -0.15) is 0 Å². The van der Waals surface area contributed by atoms with Crippen LogP contribution in [0.5, 0.6) is 0 Å². The van der Waals surface area contributed by atoms with Crippen molar-refractivity contribution in [2.45, 2.75) is 13.5 Å². The first kappa shape index (κ1) is 13.3. The molecule has 1 fully saturated rings. The molecule has 20 heavy (non-hydrogen) atoms. The van der Waals surface area contributed by atoms with Crippen molar-refractivity contribution in [3.63, 3.8) is 0 Å². The zero-order valence-corrected chi connectivity index (χ0v) is 12.3. The van der Waals surface area contributed by atoms with Crippen LogP contribution in [0.15, 0.2) is 24.3 Å². The summed E-state index contributed by atoms with van der Waals surface area (Å²) in [4.78, 5) is 9.61. The van der Waals surface area contributed by atoms with E-state index in [1.807, 2.05) is 0 Å². The summed E-state index contributed by atoms with van der Waals surface area (Å²) in [6, 6.07) is 8.47. The van der Waals surface area contributed by atoms with E-state index in [0.717, 1.165) is 43.1 Å². The van der Waals surface area contributed by atoms with Crippen LogP contribution in [0, 0.1) is 6.92 Å². The molecule has 106 valence electrons. The fourth-order valence-corrected chi connectivity index (χ4v) is 2.82. The normalized spacial score (nSPS) is 16.9. The first-order valence-electron chi connectivity index (χ1n) is 7.22. The molecular weight excluding hydrogens is 248 g/mol. The number of hydrogen-bond donors (Lipinski definition) is 1. The molecule has 2 N–H and O–H groups in total. The van der Waals surface area contributed by atoms with Crippen LogP contribution in [0.2, 0.25) is 0 Å². The summed E-state index contributed by atoms with van der Waals surface area (Å²) < 4.78 is 0. The van der Waals surface area contributed by atoms with Crippen molar-refractivity contribution in [3.8, 4) is 0 Å². The second kappa shape index (κ2) is 5.38. The number of benzene rings is 1. The molecule has 0 unspecified atom stereocenters. The lowest BCUT2D eigenvalue weighted by molar-refractivity contribution is 0.312. The Kier molecular flexibility index (Phi) is 3.59. The maximum absolute atomic E-state index is 5.85. The molecule has 0 radical (unpaired) electrons. The summed E-state index contributed by atoms with van der Waals surface area (Å²) in [5.41, 5.74) is 9.32. The lowest BCUT2D eigenvalue weighted by atomic mass is 10.1. The quantitative estimate of drug-likeness (QED) is 0.903. The molecule has 1 aromatic carbocycles. The summed E-state index contributed by atoms with van der Waals surface area (Å²) in [5.74, 6) is 1.09. The lowest BCUT2D eigenvalue weighted by Crippen LogP contribution is -2.44. The van der Waals surface area contributed by atoms with Gasteiger partial charge in [-0.05, 0) is 31.2 Å². The molecule has 1 aliphatic heterocycles. The largest absolute Gasteiger partial charge is 0.354 e. The van der Waals surface area contributed by atoms with E-state index >= 15 is 0 Å². The van der Waals surface area contributed by atoms with Crippen LogP contribution in [0.1, 0.15) is 11.1 Å². The number of nitrogens with zero attached hydrogens (tertiary/aromatic N) is 3. The Morgan fingerprint density at radius 2 is 1.95 bits per heavy atom. The van der Waals surface area contributed by atoms with Crippen LogP contribution in [0.25, 0.3) is 10.9 Å². The minimum Gasteiger partial charge on any atom is -0.354 e. The van der Waals surface area contributed by atoms with Gasteiger partial charge in [-0.15, -0.1) is 0 Å². The van der Waals surface area contributed by atoms with Gasteiger partial charge in [0.15, 0.2) is 0 Å². The maximum Gasteiger partial charge on any atom is 0.129 e. The highest BCUT2D eigenvalue weighted by Gasteiger charge is 2.16. The Balaban J connectivity index is 2.04. The summed E-state index contributed by atoms with van der Waals surface area (Å²) in [6.45, 7) is 6.97. The van der Waals surface area contributed by atoms with E-state index in [4.69, 9.17) is 10.7 Å². The third-order valence-corrected chi connectivity index (χ3v) is 4.16. The van der Waals surface area contributed by atoms with Crippen LogP contribution >= 0.6 is 0 Å². The van der Waals surface area contributed by atoms with Gasteiger partial charge in [-0.3, -0.25) is 0 Å². The Bertz CT molecular complexity index is 615. The maximum atomic E-state index is 5.85. The molecule has 0 aliphatic carbocycles. The van der Waals surface area contributed by atoms with Gasteiger partial charge in [0.25, 0.3) is 0 Å². The van der Waals surface area contributed by atoms with Crippen molar-refractivity contribution in [2.24, 2.45) is 5.73 Å². The molecule has 4 heteroatoms. The number of nitrogens with two attached hydrogens (primary N) is 1. The molecule has 0 bridgehead atoms. The van der Waals surface area contributed by atoms with Gasteiger partial charge >= 0.3 is 0 Å². The molecular formula is C16H22N4. The average molecular weight is 270 g/mol. The number of aromatic nitrogens is 1. The number of aryl methyl sites for hydroxylation is 1. The van der Waals surface area contributed by atoms with E-state index in [2.05, 4.69) is 48.0 Å². The monoisotopic (exact) mass is 270 g/mol. The van der Waals surface area contributed by atoms with Crippen molar-refractivity contribution in [2.75, 3.05) is 38.1 Å². The van der Waals surface area contributed by atoms with E-state index in [-0.39, 0.29) is 0 Å². The Morgan fingerprint density at radius 3 is 2.65 bits per heavy atom. The lowest BCUT2D eigenvalue weighted by Gasteiger charge is -2.33. The number of piperazine rings is 1. The molecule has 0 spiro atoms. The smallest absolute Gasteiger partial charge is 0.129 e. The summed E-state index contributed by atoms with van der Waals surface area (Å²) in [6.07, 6.45) is 0. The fourth-order valence-electron chi connectivity index (χ4n) is 2.82. The van der Waals surface area contributed by atoms with Crippen molar-refractivity contribution in [1.29, 1.82) is 0 Å². The average Bonchev–Trinajstić information content (AvgIpc) is 2.47. The van der Waals surface area contributed by atoms with Crippen LogP contribution < -0.4 is 10.6 Å². The van der Waals surface area contributed by atoms with E-state index in [1.54, 1.807) is 0 Å². The molecule has 4 nitrogen and oxygen atoms in total. The second-order valence-electron chi connectivity index (χ2n) is 5.61. The van der Waals surface area contributed by atoms with E-state index < -0.39 is 0 Å². The highest BCUT2D eigenvalue weighted by Crippen LogP contribution is 2.25. The molecule has 0 atom stereocenters. The van der Waals surface area contributed by atoms with Gasteiger partial charge < -0.3 is 15.5 Å². The third kappa shape index (κ3) is 2.37. The highest BCUT2D eigenvalue weighted by molar-refractivity contribution is 5.86. The van der Waals surface area contributed by atoms with Gasteiger partial charge in [0.2, 0.25) is 0 Å². The van der Waals surface area contributed by atoms with Crippen molar-refractivity contribution in [3.05, 3.63) is 35.4 Å².